The third-order valence-electron chi connectivity index (χ3n) is 3.38. The second-order valence-corrected chi connectivity index (χ2v) is 6.13. The first-order valence-corrected chi connectivity index (χ1v) is 8.36. The van der Waals surface area contributed by atoms with Crippen LogP contribution in [0.15, 0.2) is 92.6 Å². The molecule has 3 rings (SSSR count). The maximum Gasteiger partial charge on any atom is 0.0775 e. The minimum Gasteiger partial charge on any atom is -0.255 e. The normalized spacial score (nSPS) is 11.4. The van der Waals surface area contributed by atoms with Crippen LogP contribution < -0.4 is 0 Å². The lowest BCUT2D eigenvalue weighted by molar-refractivity contribution is 1.29. The predicted octanol–water partition coefficient (Wildman–Crippen LogP) is 5.77. The molecule has 0 aliphatic carbocycles. The summed E-state index contributed by atoms with van der Waals surface area (Å²) in [5, 5.41) is 0. The van der Waals surface area contributed by atoms with Crippen LogP contribution in [-0.2, 0) is 0 Å². The van der Waals surface area contributed by atoms with Gasteiger partial charge in [0.25, 0.3) is 0 Å². The van der Waals surface area contributed by atoms with Gasteiger partial charge >= 0.3 is 0 Å². The number of hydrogen-bond acceptors (Lipinski definition) is 4. The molecule has 0 fully saturated rings. The van der Waals surface area contributed by atoms with Crippen LogP contribution in [0.3, 0.4) is 0 Å². The zero-order valence-corrected chi connectivity index (χ0v) is 14.7. The van der Waals surface area contributed by atoms with Crippen LogP contribution in [0, 0.1) is 0 Å². The van der Waals surface area contributed by atoms with Crippen molar-refractivity contribution in [1.29, 1.82) is 0 Å². The topological polar surface area (TPSA) is 24.7 Å². The molecule has 0 bridgehead atoms. The van der Waals surface area contributed by atoms with Gasteiger partial charge in [-0.05, 0) is 23.3 Å². The van der Waals surface area contributed by atoms with E-state index in [1.807, 2.05) is 85.2 Å². The minimum absolute atomic E-state index is 0.764. The zero-order valence-electron chi connectivity index (χ0n) is 12.9. The Morgan fingerprint density at radius 1 is 0.583 bits per heavy atom. The summed E-state index contributed by atoms with van der Waals surface area (Å²) in [6, 6.07) is 23.6. The number of benzene rings is 3. The first-order valence-electron chi connectivity index (χ1n) is 7.46. The van der Waals surface area contributed by atoms with Crippen LogP contribution >= 0.6 is 25.3 Å². The minimum atomic E-state index is 0.764. The smallest absolute Gasteiger partial charge is 0.0775 e. The summed E-state index contributed by atoms with van der Waals surface area (Å²) in [6.45, 7) is 0. The summed E-state index contributed by atoms with van der Waals surface area (Å²) >= 11 is 9.04. The van der Waals surface area contributed by atoms with E-state index in [0.29, 0.717) is 0 Å². The molecule has 0 atom stereocenters. The van der Waals surface area contributed by atoms with E-state index < -0.39 is 0 Å². The second kappa shape index (κ2) is 7.99. The molecule has 0 saturated carbocycles. The molecule has 0 N–H and O–H groups in total. The Bertz CT molecular complexity index is 798. The van der Waals surface area contributed by atoms with Crippen LogP contribution in [0.4, 0.5) is 11.4 Å². The summed E-state index contributed by atoms with van der Waals surface area (Å²) in [6.07, 6.45) is 3.63. The molecule has 3 aromatic rings. The predicted molar refractivity (Wildman–Crippen MR) is 108 cm³/mol. The molecule has 0 aliphatic heterocycles. The van der Waals surface area contributed by atoms with Gasteiger partial charge < -0.3 is 0 Å². The molecule has 3 aromatic carbocycles. The Morgan fingerprint density at radius 2 is 0.958 bits per heavy atom. The molecular weight excluding hydrogens is 332 g/mol. The Morgan fingerprint density at radius 3 is 1.33 bits per heavy atom. The number of hydrogen-bond donors (Lipinski definition) is 2. The van der Waals surface area contributed by atoms with Gasteiger partial charge in [-0.25, -0.2) is 0 Å². The molecule has 118 valence electrons. The van der Waals surface area contributed by atoms with Gasteiger partial charge in [0.05, 0.1) is 11.4 Å². The third kappa shape index (κ3) is 4.37. The molecule has 0 heterocycles. The molecular formula is C20H16N2S2. The van der Waals surface area contributed by atoms with E-state index in [2.05, 4.69) is 35.2 Å². The highest BCUT2D eigenvalue weighted by atomic mass is 32.1. The third-order valence-corrected chi connectivity index (χ3v) is 4.09. The summed E-state index contributed by atoms with van der Waals surface area (Å²) < 4.78 is 0. The van der Waals surface area contributed by atoms with Crippen LogP contribution in [0.2, 0.25) is 0 Å². The van der Waals surface area contributed by atoms with E-state index in [1.165, 1.54) is 0 Å². The first-order chi connectivity index (χ1) is 11.7. The monoisotopic (exact) mass is 348 g/mol. The van der Waals surface area contributed by atoms with Gasteiger partial charge in [-0.3, -0.25) is 9.98 Å². The highest BCUT2D eigenvalue weighted by Gasteiger charge is 2.04. The standard InChI is InChI=1S/C20H16N2S2/c23-19-12-18(22-14-16-9-5-2-6-10-16)20(24)11-17(19)21-13-15-7-3-1-4-8-15/h1-14,23-24H/b21-13+,22-14+. The Kier molecular flexibility index (Phi) is 5.51. The summed E-state index contributed by atoms with van der Waals surface area (Å²) in [4.78, 5) is 10.5. The van der Waals surface area contributed by atoms with E-state index in [1.54, 1.807) is 0 Å². The molecule has 0 unspecified atom stereocenters. The lowest BCUT2D eigenvalue weighted by Gasteiger charge is -2.05. The average Bonchev–Trinajstić information content (AvgIpc) is 2.62. The largest absolute Gasteiger partial charge is 0.255 e. The number of rotatable bonds is 4. The van der Waals surface area contributed by atoms with E-state index >= 15 is 0 Å². The number of nitrogens with zero attached hydrogens (tertiary/aromatic N) is 2. The second-order valence-electron chi connectivity index (χ2n) is 5.17. The summed E-state index contributed by atoms with van der Waals surface area (Å²) in [5.74, 6) is 0. The van der Waals surface area contributed by atoms with Gasteiger partial charge in [-0.2, -0.15) is 0 Å². The van der Waals surface area contributed by atoms with Crippen molar-refractivity contribution in [3.63, 3.8) is 0 Å². The molecule has 0 amide bonds. The van der Waals surface area contributed by atoms with Crippen molar-refractivity contribution in [2.45, 2.75) is 9.79 Å². The van der Waals surface area contributed by atoms with Gasteiger partial charge in [0.1, 0.15) is 0 Å². The van der Waals surface area contributed by atoms with Crippen LogP contribution in [0.1, 0.15) is 11.1 Å². The molecule has 2 nitrogen and oxygen atoms in total. The fourth-order valence-corrected chi connectivity index (χ4v) is 2.62. The van der Waals surface area contributed by atoms with E-state index in [9.17, 15) is 0 Å². The van der Waals surface area contributed by atoms with E-state index in [4.69, 9.17) is 0 Å². The Labute approximate surface area is 152 Å². The lowest BCUT2D eigenvalue weighted by Crippen LogP contribution is -1.81. The van der Waals surface area contributed by atoms with Crippen LogP contribution in [-0.4, -0.2) is 12.4 Å². The fraction of sp³-hybridized carbons (Fsp3) is 0. The van der Waals surface area contributed by atoms with Gasteiger partial charge in [-0.15, -0.1) is 25.3 Å². The van der Waals surface area contributed by atoms with Crippen molar-refractivity contribution in [2.24, 2.45) is 9.98 Å². The highest BCUT2D eigenvalue weighted by molar-refractivity contribution is 7.81. The lowest BCUT2D eigenvalue weighted by atomic mass is 10.2. The van der Waals surface area contributed by atoms with Gasteiger partial charge in [0.15, 0.2) is 0 Å². The zero-order chi connectivity index (χ0) is 16.8. The highest BCUT2D eigenvalue weighted by Crippen LogP contribution is 2.34. The van der Waals surface area contributed by atoms with E-state index in [-0.39, 0.29) is 0 Å². The SMILES string of the molecule is Sc1cc(/N=C/c2ccccc2)c(S)cc1/N=C/c1ccccc1. The number of aliphatic imine (C=N–C) groups is 2. The average molecular weight is 348 g/mol. The van der Waals surface area contributed by atoms with Gasteiger partial charge in [0, 0.05) is 22.2 Å². The summed E-state index contributed by atoms with van der Waals surface area (Å²) in [5.41, 5.74) is 3.62. The maximum absolute atomic E-state index is 4.52. The van der Waals surface area contributed by atoms with Crippen molar-refractivity contribution < 1.29 is 0 Å². The van der Waals surface area contributed by atoms with Crippen molar-refractivity contribution in [1.82, 2.24) is 0 Å². The fourth-order valence-electron chi connectivity index (χ4n) is 2.13. The van der Waals surface area contributed by atoms with Crippen molar-refractivity contribution in [3.8, 4) is 0 Å². The molecule has 0 aromatic heterocycles. The van der Waals surface area contributed by atoms with E-state index in [0.717, 1.165) is 32.3 Å². The van der Waals surface area contributed by atoms with Crippen LogP contribution in [0.25, 0.3) is 0 Å². The molecule has 24 heavy (non-hydrogen) atoms. The first kappa shape index (κ1) is 16.6. The quantitative estimate of drug-likeness (QED) is 0.442. The van der Waals surface area contributed by atoms with Crippen molar-refractivity contribution in [2.75, 3.05) is 0 Å². The molecule has 0 aliphatic rings. The Hall–Kier alpha value is -2.30. The number of thiol groups is 2. The Balaban J connectivity index is 1.83. The van der Waals surface area contributed by atoms with Crippen LogP contribution in [0.5, 0.6) is 0 Å². The van der Waals surface area contributed by atoms with Gasteiger partial charge in [0.2, 0.25) is 0 Å². The summed E-state index contributed by atoms with van der Waals surface area (Å²) in [7, 11) is 0. The van der Waals surface area contributed by atoms with Crippen molar-refractivity contribution >= 4 is 49.1 Å². The molecule has 0 saturated heterocycles. The van der Waals surface area contributed by atoms with Crippen molar-refractivity contribution in [3.05, 3.63) is 83.9 Å². The molecule has 0 radical (unpaired) electrons. The molecule has 0 spiro atoms. The maximum atomic E-state index is 4.52. The molecule has 4 heteroatoms. The van der Waals surface area contributed by atoms with Gasteiger partial charge in [-0.1, -0.05) is 60.7 Å².